The number of benzene rings is 3. The molecule has 0 saturated carbocycles. The van der Waals surface area contributed by atoms with Crippen molar-refractivity contribution in [2.75, 3.05) is 16.8 Å². The number of amides is 2. The van der Waals surface area contributed by atoms with Gasteiger partial charge in [0, 0.05) is 10.2 Å². The molecule has 3 aromatic carbocycles. The zero-order valence-corrected chi connectivity index (χ0v) is 20.8. The molecule has 5 nitrogen and oxygen atoms in total. The molecule has 166 valence electrons. The van der Waals surface area contributed by atoms with E-state index < -0.39 is 0 Å². The largest absolute Gasteiger partial charge is 0.484 e. The fourth-order valence-corrected chi connectivity index (χ4v) is 4.64. The first-order valence-electron chi connectivity index (χ1n) is 10.0. The lowest BCUT2D eigenvalue weighted by molar-refractivity contribution is -0.118. The number of aryl methyl sites for hydroxylation is 1. The highest BCUT2D eigenvalue weighted by Gasteiger charge is 2.33. The van der Waals surface area contributed by atoms with Gasteiger partial charge >= 0.3 is 0 Å². The van der Waals surface area contributed by atoms with Crippen LogP contribution >= 0.6 is 39.9 Å². The third-order valence-corrected chi connectivity index (χ3v) is 6.59. The predicted octanol–water partition coefficient (Wildman–Crippen LogP) is 6.18. The van der Waals surface area contributed by atoms with Crippen LogP contribution in [0.5, 0.6) is 5.75 Å². The van der Waals surface area contributed by atoms with E-state index in [1.54, 1.807) is 35.2 Å². The third-order valence-electron chi connectivity index (χ3n) is 4.76. The molecule has 1 heterocycles. The maximum Gasteiger partial charge on any atom is 0.270 e. The number of thioether (sulfide) groups is 1. The Bertz CT molecular complexity index is 1220. The second-order valence-electron chi connectivity index (χ2n) is 7.27. The lowest BCUT2D eigenvalue weighted by Gasteiger charge is -2.14. The van der Waals surface area contributed by atoms with Crippen LogP contribution in [0, 0.1) is 6.92 Å². The molecule has 0 atom stereocenters. The number of halogens is 1. The van der Waals surface area contributed by atoms with Crippen LogP contribution in [0.3, 0.4) is 0 Å². The van der Waals surface area contributed by atoms with E-state index in [2.05, 4.69) is 21.2 Å². The summed E-state index contributed by atoms with van der Waals surface area (Å²) < 4.78 is 7.01. The number of nitrogens with zero attached hydrogens (tertiary/aromatic N) is 1. The molecule has 1 N–H and O–H groups in total. The Morgan fingerprint density at radius 2 is 1.73 bits per heavy atom. The van der Waals surface area contributed by atoms with E-state index in [1.807, 2.05) is 55.5 Å². The summed E-state index contributed by atoms with van der Waals surface area (Å²) in [6.45, 7) is 1.89. The molecule has 33 heavy (non-hydrogen) atoms. The molecule has 0 aromatic heterocycles. The second kappa shape index (κ2) is 10.3. The summed E-state index contributed by atoms with van der Waals surface area (Å²) in [6.07, 6.45) is 1.80. The molecule has 0 bridgehead atoms. The number of hydrogen-bond donors (Lipinski definition) is 1. The number of hydrogen-bond acceptors (Lipinski definition) is 5. The van der Waals surface area contributed by atoms with Crippen molar-refractivity contribution in [2.45, 2.75) is 6.92 Å². The summed E-state index contributed by atoms with van der Waals surface area (Å²) in [6, 6.07) is 22.2. The Kier molecular flexibility index (Phi) is 7.27. The van der Waals surface area contributed by atoms with Gasteiger partial charge in [-0.05, 0) is 67.1 Å². The van der Waals surface area contributed by atoms with E-state index in [0.717, 1.165) is 21.3 Å². The normalized spacial score (nSPS) is 14.6. The van der Waals surface area contributed by atoms with Crippen molar-refractivity contribution < 1.29 is 14.3 Å². The summed E-state index contributed by atoms with van der Waals surface area (Å²) in [5.41, 5.74) is 3.42. The second-order valence-corrected chi connectivity index (χ2v) is 9.86. The monoisotopic (exact) mass is 538 g/mol. The third kappa shape index (κ3) is 5.90. The molecule has 0 radical (unpaired) electrons. The van der Waals surface area contributed by atoms with Gasteiger partial charge in [0.1, 0.15) is 5.75 Å². The van der Waals surface area contributed by atoms with Crippen LogP contribution in [0.25, 0.3) is 6.08 Å². The minimum Gasteiger partial charge on any atom is -0.484 e. The van der Waals surface area contributed by atoms with E-state index in [9.17, 15) is 9.59 Å². The maximum absolute atomic E-state index is 12.9. The molecular weight excluding hydrogens is 520 g/mol. The number of rotatable bonds is 6. The minimum atomic E-state index is -0.249. The van der Waals surface area contributed by atoms with Crippen molar-refractivity contribution >= 4 is 73.5 Å². The van der Waals surface area contributed by atoms with E-state index in [1.165, 1.54) is 11.8 Å². The molecule has 0 unspecified atom stereocenters. The van der Waals surface area contributed by atoms with E-state index in [-0.39, 0.29) is 18.4 Å². The van der Waals surface area contributed by atoms with E-state index >= 15 is 0 Å². The SMILES string of the molecule is Cc1ccc(N2C(=O)/C(=C/c3ccc(OCC(=O)Nc4ccc(Br)cc4)cc3)SC2=S)cc1. The van der Waals surface area contributed by atoms with Gasteiger partial charge in [-0.2, -0.15) is 0 Å². The molecule has 1 aliphatic heterocycles. The van der Waals surface area contributed by atoms with Crippen molar-refractivity contribution in [1.82, 2.24) is 0 Å². The molecule has 3 aromatic rings. The smallest absolute Gasteiger partial charge is 0.270 e. The van der Waals surface area contributed by atoms with Crippen LogP contribution in [-0.4, -0.2) is 22.7 Å². The van der Waals surface area contributed by atoms with Crippen molar-refractivity contribution in [3.05, 3.63) is 93.3 Å². The zero-order chi connectivity index (χ0) is 23.4. The first kappa shape index (κ1) is 23.2. The molecule has 1 saturated heterocycles. The quantitative estimate of drug-likeness (QED) is 0.300. The van der Waals surface area contributed by atoms with Gasteiger partial charge in [0.15, 0.2) is 10.9 Å². The molecular formula is C25H19BrN2O3S2. The molecule has 1 fully saturated rings. The predicted molar refractivity (Wildman–Crippen MR) is 142 cm³/mol. The zero-order valence-electron chi connectivity index (χ0n) is 17.6. The van der Waals surface area contributed by atoms with Gasteiger partial charge in [0.2, 0.25) is 0 Å². The molecule has 8 heteroatoms. The summed E-state index contributed by atoms with van der Waals surface area (Å²) in [5.74, 6) is 0.172. The van der Waals surface area contributed by atoms with E-state index in [0.29, 0.717) is 20.7 Å². The summed E-state index contributed by atoms with van der Waals surface area (Å²) in [5, 5.41) is 2.78. The highest BCUT2D eigenvalue weighted by atomic mass is 79.9. The number of carbonyl (C=O) groups is 2. The summed E-state index contributed by atoms with van der Waals surface area (Å²) in [7, 11) is 0. The van der Waals surface area contributed by atoms with Crippen molar-refractivity contribution in [3.63, 3.8) is 0 Å². The fraction of sp³-hybridized carbons (Fsp3) is 0.0800. The first-order valence-corrected chi connectivity index (χ1v) is 12.0. The highest BCUT2D eigenvalue weighted by Crippen LogP contribution is 2.36. The Hall–Kier alpha value is -2.94. The van der Waals surface area contributed by atoms with Gasteiger partial charge < -0.3 is 10.1 Å². The first-order chi connectivity index (χ1) is 15.9. The van der Waals surface area contributed by atoms with Crippen LogP contribution < -0.4 is 15.0 Å². The van der Waals surface area contributed by atoms with Crippen LogP contribution in [0.1, 0.15) is 11.1 Å². The number of anilines is 2. The van der Waals surface area contributed by atoms with Gasteiger partial charge in [0.05, 0.1) is 10.6 Å². The van der Waals surface area contributed by atoms with Crippen molar-refractivity contribution in [2.24, 2.45) is 0 Å². The van der Waals surface area contributed by atoms with Gasteiger partial charge in [-0.25, -0.2) is 0 Å². The molecule has 1 aliphatic rings. The van der Waals surface area contributed by atoms with Gasteiger partial charge in [0.25, 0.3) is 11.8 Å². The van der Waals surface area contributed by atoms with Crippen LogP contribution in [0.4, 0.5) is 11.4 Å². The summed E-state index contributed by atoms with van der Waals surface area (Å²) in [4.78, 5) is 27.1. The standard InChI is InChI=1S/C25H19BrN2O3S2/c1-16-2-10-20(11-3-16)28-24(30)22(33-25(28)32)14-17-4-12-21(13-5-17)31-15-23(29)27-19-8-6-18(26)7-9-19/h2-14H,15H2,1H3,(H,27,29)/b22-14-. The average Bonchev–Trinajstić information content (AvgIpc) is 3.08. The summed E-state index contributed by atoms with van der Waals surface area (Å²) >= 11 is 10.1. The van der Waals surface area contributed by atoms with Gasteiger partial charge in [-0.1, -0.05) is 69.7 Å². The maximum atomic E-state index is 12.9. The van der Waals surface area contributed by atoms with Gasteiger partial charge in [-0.15, -0.1) is 0 Å². The Morgan fingerprint density at radius 3 is 2.39 bits per heavy atom. The molecule has 0 aliphatic carbocycles. The molecule has 2 amide bonds. The highest BCUT2D eigenvalue weighted by molar-refractivity contribution is 9.10. The lowest BCUT2D eigenvalue weighted by Crippen LogP contribution is -2.27. The Balaban J connectivity index is 1.36. The fourth-order valence-electron chi connectivity index (χ4n) is 3.07. The topological polar surface area (TPSA) is 58.6 Å². The van der Waals surface area contributed by atoms with Gasteiger partial charge in [-0.3, -0.25) is 14.5 Å². The Labute approximate surface area is 210 Å². The molecule has 0 spiro atoms. The van der Waals surface area contributed by atoms with Crippen LogP contribution in [0.15, 0.2) is 82.2 Å². The number of thiocarbonyl (C=S) groups is 1. The van der Waals surface area contributed by atoms with Crippen molar-refractivity contribution in [3.8, 4) is 5.75 Å². The average molecular weight is 539 g/mol. The molecule has 4 rings (SSSR count). The number of ether oxygens (including phenoxy) is 1. The van der Waals surface area contributed by atoms with Crippen molar-refractivity contribution in [1.29, 1.82) is 0 Å². The minimum absolute atomic E-state index is 0.107. The van der Waals surface area contributed by atoms with E-state index in [4.69, 9.17) is 17.0 Å². The van der Waals surface area contributed by atoms with Crippen LogP contribution in [0.2, 0.25) is 0 Å². The van der Waals surface area contributed by atoms with Crippen LogP contribution in [-0.2, 0) is 9.59 Å². The number of nitrogens with one attached hydrogen (secondary N) is 1. The lowest BCUT2D eigenvalue weighted by atomic mass is 10.2. The number of carbonyl (C=O) groups excluding carboxylic acids is 2. The Morgan fingerprint density at radius 1 is 1.06 bits per heavy atom.